The van der Waals surface area contributed by atoms with Gasteiger partial charge in [0.1, 0.15) is 0 Å². The van der Waals surface area contributed by atoms with Crippen LogP contribution in [0.25, 0.3) is 6.08 Å². The Kier molecular flexibility index (Phi) is 5.94. The summed E-state index contributed by atoms with van der Waals surface area (Å²) in [6.07, 6.45) is 1.89. The zero-order valence-electron chi connectivity index (χ0n) is 14.6. The molecule has 0 radical (unpaired) electrons. The molecular weight excluding hydrogens is 298 g/mol. The predicted molar refractivity (Wildman–Crippen MR) is 103 cm³/mol. The third kappa shape index (κ3) is 5.17. The van der Waals surface area contributed by atoms with Crippen molar-refractivity contribution in [3.05, 3.63) is 66.7 Å². The number of nitrogens with zero attached hydrogens (tertiary/aromatic N) is 1. The quantitative estimate of drug-likeness (QED) is 0.725. The molecule has 0 amide bonds. The Morgan fingerprint density at radius 2 is 1.70 bits per heavy atom. The van der Waals surface area contributed by atoms with Crippen LogP contribution in [0.1, 0.15) is 19.4 Å². The molecule has 23 heavy (non-hydrogen) atoms. The summed E-state index contributed by atoms with van der Waals surface area (Å²) in [5.41, 5.74) is 0.949. The van der Waals surface area contributed by atoms with E-state index in [4.69, 9.17) is 4.43 Å². The molecule has 1 atom stereocenters. The Balaban J connectivity index is 2.38. The smallest absolute Gasteiger partial charge is 0.240 e. The molecule has 0 bridgehead atoms. The summed E-state index contributed by atoms with van der Waals surface area (Å²) in [6.45, 7) is 9.13. The molecule has 2 aromatic carbocycles. The van der Waals surface area contributed by atoms with Gasteiger partial charge in [-0.3, -0.25) is 0 Å². The van der Waals surface area contributed by atoms with Gasteiger partial charge in [-0.05, 0) is 43.9 Å². The summed E-state index contributed by atoms with van der Waals surface area (Å²) in [6, 6.07) is 19.2. The van der Waals surface area contributed by atoms with Crippen molar-refractivity contribution in [1.29, 1.82) is 0 Å². The van der Waals surface area contributed by atoms with Crippen molar-refractivity contribution in [3.63, 3.8) is 0 Å². The molecule has 2 rings (SSSR count). The molecule has 0 saturated heterocycles. The van der Waals surface area contributed by atoms with Crippen LogP contribution in [0.2, 0.25) is 0 Å². The van der Waals surface area contributed by atoms with Gasteiger partial charge in [0.2, 0.25) is 9.04 Å². The monoisotopic (exact) mass is 325 g/mol. The maximum absolute atomic E-state index is 6.68. The lowest BCUT2D eigenvalue weighted by Crippen LogP contribution is -2.52. The number of hydrogen-bond acceptors (Lipinski definition) is 2. The molecule has 2 aromatic rings. The van der Waals surface area contributed by atoms with E-state index in [2.05, 4.69) is 94.0 Å². The first kappa shape index (κ1) is 17.7. The highest BCUT2D eigenvalue weighted by Crippen LogP contribution is 2.13. The molecule has 122 valence electrons. The third-order valence-electron chi connectivity index (χ3n) is 3.69. The maximum atomic E-state index is 6.68. The Morgan fingerprint density at radius 3 is 2.30 bits per heavy atom. The van der Waals surface area contributed by atoms with Crippen LogP contribution >= 0.6 is 0 Å². The molecule has 0 aliphatic heterocycles. The van der Waals surface area contributed by atoms with Crippen LogP contribution in [-0.2, 0) is 4.43 Å². The van der Waals surface area contributed by atoms with Crippen molar-refractivity contribution in [3.8, 4) is 0 Å². The van der Waals surface area contributed by atoms with Crippen LogP contribution < -0.4 is 10.4 Å². The normalized spacial score (nSPS) is 13.1. The number of benzene rings is 2. The number of hydrogen-bond donors (Lipinski definition) is 0. The molecule has 0 fully saturated rings. The third-order valence-corrected chi connectivity index (χ3v) is 6.51. The van der Waals surface area contributed by atoms with Gasteiger partial charge in [0.15, 0.2) is 0 Å². The van der Waals surface area contributed by atoms with Gasteiger partial charge in [-0.1, -0.05) is 67.3 Å². The summed E-state index contributed by atoms with van der Waals surface area (Å²) in [5.74, 6) is 0. The van der Waals surface area contributed by atoms with Crippen molar-refractivity contribution < 1.29 is 4.43 Å². The van der Waals surface area contributed by atoms with Crippen molar-refractivity contribution in [2.45, 2.75) is 19.4 Å². The predicted octanol–water partition coefficient (Wildman–Crippen LogP) is 2.52. The molecule has 0 aliphatic carbocycles. The van der Waals surface area contributed by atoms with Crippen LogP contribution in [0, 0.1) is 0 Å². The van der Waals surface area contributed by atoms with E-state index in [-0.39, 0.29) is 5.60 Å². The lowest BCUT2D eigenvalue weighted by molar-refractivity contribution is 0.0803. The minimum absolute atomic E-state index is 0.194. The van der Waals surface area contributed by atoms with Gasteiger partial charge >= 0.3 is 0 Å². The van der Waals surface area contributed by atoms with E-state index in [0.29, 0.717) is 0 Å². The zero-order chi connectivity index (χ0) is 16.9. The molecule has 3 heteroatoms. The Hall–Kier alpha value is -1.68. The van der Waals surface area contributed by atoms with E-state index in [1.807, 2.05) is 6.08 Å². The minimum Gasteiger partial charge on any atom is -0.405 e. The topological polar surface area (TPSA) is 12.5 Å². The number of likely N-dealkylation sites (N-methyl/N-ethyl adjacent to an activating group) is 1. The van der Waals surface area contributed by atoms with E-state index >= 15 is 0 Å². The molecule has 2 nitrogen and oxygen atoms in total. The lowest BCUT2D eigenvalue weighted by atomic mass is 10.1. The first-order valence-corrected chi connectivity index (χ1v) is 9.64. The molecular formula is C20H27NOSi. The van der Waals surface area contributed by atoms with Crippen molar-refractivity contribution in [2.24, 2.45) is 0 Å². The minimum atomic E-state index is -1.75. The van der Waals surface area contributed by atoms with Gasteiger partial charge in [0.25, 0.3) is 0 Å². The average molecular weight is 326 g/mol. The summed E-state index contributed by atoms with van der Waals surface area (Å²) < 4.78 is 6.68. The molecule has 0 spiro atoms. The van der Waals surface area contributed by atoms with Gasteiger partial charge in [-0.2, -0.15) is 0 Å². The summed E-state index contributed by atoms with van der Waals surface area (Å²) in [7, 11) is 2.42. The van der Waals surface area contributed by atoms with Crippen LogP contribution in [0.3, 0.4) is 0 Å². The maximum Gasteiger partial charge on any atom is 0.240 e. The van der Waals surface area contributed by atoms with E-state index in [9.17, 15) is 0 Å². The van der Waals surface area contributed by atoms with Crippen molar-refractivity contribution in [2.75, 3.05) is 20.6 Å². The van der Waals surface area contributed by atoms with Gasteiger partial charge in [0.05, 0.1) is 5.60 Å². The second kappa shape index (κ2) is 7.73. The van der Waals surface area contributed by atoms with Crippen LogP contribution in [-0.4, -0.2) is 40.2 Å². The molecule has 1 unspecified atom stereocenters. The fourth-order valence-electron chi connectivity index (χ4n) is 2.92. The van der Waals surface area contributed by atoms with E-state index in [1.165, 1.54) is 10.4 Å². The SMILES string of the molecule is C=Cc1cccc([SiH](OC(C)(C)CN(C)C)c2ccccc2)c1. The second-order valence-corrected chi connectivity index (χ2v) is 9.11. The summed E-state index contributed by atoms with van der Waals surface area (Å²) >= 11 is 0. The van der Waals surface area contributed by atoms with E-state index < -0.39 is 9.04 Å². The molecule has 0 aliphatic rings. The summed E-state index contributed by atoms with van der Waals surface area (Å²) in [4.78, 5) is 2.18. The van der Waals surface area contributed by atoms with E-state index in [0.717, 1.165) is 12.1 Å². The van der Waals surface area contributed by atoms with Crippen LogP contribution in [0.4, 0.5) is 0 Å². The molecule has 0 N–H and O–H groups in total. The Labute approximate surface area is 142 Å². The Morgan fingerprint density at radius 1 is 1.04 bits per heavy atom. The largest absolute Gasteiger partial charge is 0.405 e. The van der Waals surface area contributed by atoms with Gasteiger partial charge in [-0.15, -0.1) is 0 Å². The van der Waals surface area contributed by atoms with E-state index in [1.54, 1.807) is 0 Å². The lowest BCUT2D eigenvalue weighted by Gasteiger charge is -2.33. The molecule has 0 aromatic heterocycles. The highest BCUT2D eigenvalue weighted by molar-refractivity contribution is 6.80. The molecule has 0 saturated carbocycles. The van der Waals surface area contributed by atoms with Crippen LogP contribution in [0.5, 0.6) is 0 Å². The fraction of sp³-hybridized carbons (Fsp3) is 0.300. The van der Waals surface area contributed by atoms with Crippen LogP contribution in [0.15, 0.2) is 61.2 Å². The van der Waals surface area contributed by atoms with Gasteiger partial charge in [0, 0.05) is 6.54 Å². The van der Waals surface area contributed by atoms with Gasteiger partial charge < -0.3 is 9.33 Å². The second-order valence-electron chi connectivity index (χ2n) is 6.78. The van der Waals surface area contributed by atoms with Crippen molar-refractivity contribution in [1.82, 2.24) is 4.90 Å². The fourth-order valence-corrected chi connectivity index (χ4v) is 5.49. The zero-order valence-corrected chi connectivity index (χ0v) is 15.8. The number of rotatable bonds is 7. The summed E-state index contributed by atoms with van der Waals surface area (Å²) in [5, 5.41) is 2.60. The van der Waals surface area contributed by atoms with Crippen molar-refractivity contribution >= 4 is 25.5 Å². The highest BCUT2D eigenvalue weighted by atomic mass is 28.3. The first-order valence-electron chi connectivity index (χ1n) is 8.01. The molecule has 0 heterocycles. The first-order chi connectivity index (χ1) is 10.9. The van der Waals surface area contributed by atoms with Gasteiger partial charge in [-0.25, -0.2) is 0 Å². The Bertz CT molecular complexity index is 637. The highest BCUT2D eigenvalue weighted by Gasteiger charge is 2.28. The average Bonchev–Trinajstić information content (AvgIpc) is 2.52. The standard InChI is InChI=1S/C20H27NOSi/c1-6-17-11-10-14-19(15-17)23(18-12-8-7-9-13-18)22-20(2,3)16-21(4)5/h6-15,23H,1,16H2,2-5H3.